The van der Waals surface area contributed by atoms with Gasteiger partial charge in [0, 0.05) is 56.9 Å². The molecule has 5 amide bonds. The van der Waals surface area contributed by atoms with Gasteiger partial charge in [-0.15, -0.1) is 0 Å². The topological polar surface area (TPSA) is 200 Å². The average molecular weight is 1110 g/mol. The Labute approximate surface area is 485 Å². The van der Waals surface area contributed by atoms with Crippen molar-refractivity contribution >= 4 is 35.3 Å². The van der Waals surface area contributed by atoms with Crippen LogP contribution in [0, 0.1) is 0 Å². The maximum atomic E-state index is 15.4. The second kappa shape index (κ2) is 33.2. The van der Waals surface area contributed by atoms with Crippen LogP contribution in [0.1, 0.15) is 89.7 Å². The van der Waals surface area contributed by atoms with Gasteiger partial charge in [-0.2, -0.15) is 0 Å². The Hall–Kier alpha value is -7.82. The van der Waals surface area contributed by atoms with Gasteiger partial charge in [0.15, 0.2) is 5.78 Å². The fourth-order valence-electron chi connectivity index (χ4n) is 10.8. The van der Waals surface area contributed by atoms with Gasteiger partial charge in [-0.1, -0.05) is 182 Å². The lowest BCUT2D eigenvalue weighted by Crippen LogP contribution is -2.53. The predicted octanol–water partition coefficient (Wildman–Crippen LogP) is 6.73. The van der Waals surface area contributed by atoms with Gasteiger partial charge in [0.05, 0.1) is 39.3 Å². The molecule has 0 aromatic heterocycles. The molecule has 0 aliphatic carbocycles. The van der Waals surface area contributed by atoms with E-state index >= 15 is 24.0 Å². The number of benzene rings is 6. The fourth-order valence-corrected chi connectivity index (χ4v) is 10.8. The lowest BCUT2D eigenvalue weighted by Gasteiger charge is -2.35. The standard InChI is InChI=1S/C67H83N9O6/c68-37-21-41-71-40-20-19-36-59(77)44-74(45-60(53-24-7-1-8-25-53)54-26-9-2-10-27-54)66(81)49-72(42-22-38-69)65(80)52-76(47-62(57-32-15-5-16-33-57)58-34-17-6-18-35-58)67(82)50-73(43-23-39-70)64(79)51-75(63(78)48-71)46-61(55-28-11-3-12-29-55)56-30-13-4-14-31-56/h1-18,24-35,60-62H,19-23,36-52,68-70H2. The summed E-state index contributed by atoms with van der Waals surface area (Å²) in [6.07, 6.45) is 2.61. The number of carbonyl (C=O) groups is 6. The number of rotatable bonds is 21. The second-order valence-corrected chi connectivity index (χ2v) is 21.3. The zero-order valence-electron chi connectivity index (χ0n) is 47.5. The molecule has 0 saturated carbocycles. The molecule has 0 bridgehead atoms. The Bertz CT molecular complexity index is 2770. The van der Waals surface area contributed by atoms with E-state index in [4.69, 9.17) is 17.2 Å². The maximum Gasteiger partial charge on any atom is 0.242 e. The first-order valence-corrected chi connectivity index (χ1v) is 29.1. The largest absolute Gasteiger partial charge is 0.333 e. The van der Waals surface area contributed by atoms with Crippen molar-refractivity contribution in [3.8, 4) is 0 Å². The third-order valence-corrected chi connectivity index (χ3v) is 15.3. The third kappa shape index (κ3) is 18.9. The number of ketones is 1. The highest BCUT2D eigenvalue weighted by Crippen LogP contribution is 2.29. The molecule has 6 N–H and O–H groups in total. The van der Waals surface area contributed by atoms with E-state index in [2.05, 4.69) is 0 Å². The van der Waals surface area contributed by atoms with E-state index in [9.17, 15) is 4.79 Å². The number of amides is 5. The quantitative estimate of drug-likeness (QED) is 0.0695. The van der Waals surface area contributed by atoms with Crippen molar-refractivity contribution in [2.24, 2.45) is 17.2 Å². The molecule has 82 heavy (non-hydrogen) atoms. The SMILES string of the molecule is NCCCN1CCCCC(=O)CN(CC(c2ccccc2)c2ccccc2)C(=O)CN(CCCN)C(=O)CN(CC(c2ccccc2)c2ccccc2)C(=O)CN(CCCN)C(=O)CN(CC(c2ccccc2)c2ccccc2)C(=O)C1. The minimum atomic E-state index is -0.499. The number of carbonyl (C=O) groups excluding carboxylic acids is 6. The van der Waals surface area contributed by atoms with E-state index in [0.717, 1.165) is 33.4 Å². The summed E-state index contributed by atoms with van der Waals surface area (Å²) in [6.45, 7) is 0.731. The van der Waals surface area contributed by atoms with Crippen LogP contribution in [0.25, 0.3) is 0 Å². The highest BCUT2D eigenvalue weighted by Gasteiger charge is 2.33. The normalized spacial score (nSPS) is 15.7. The Morgan fingerprint density at radius 1 is 0.317 bits per heavy atom. The van der Waals surface area contributed by atoms with Gasteiger partial charge < -0.3 is 41.7 Å². The summed E-state index contributed by atoms with van der Waals surface area (Å²) in [5, 5.41) is 0. The van der Waals surface area contributed by atoms with Crippen LogP contribution in [0.15, 0.2) is 182 Å². The van der Waals surface area contributed by atoms with Crippen molar-refractivity contribution in [3.63, 3.8) is 0 Å². The fraction of sp³-hybridized carbons (Fsp3) is 0.373. The molecule has 6 aromatic rings. The van der Waals surface area contributed by atoms with Crippen LogP contribution in [0.5, 0.6) is 0 Å². The van der Waals surface area contributed by atoms with Crippen LogP contribution in [0.2, 0.25) is 0 Å². The van der Waals surface area contributed by atoms with Crippen molar-refractivity contribution in [2.45, 2.75) is 56.3 Å². The minimum absolute atomic E-state index is 0.0151. The molecule has 1 saturated heterocycles. The summed E-state index contributed by atoms with van der Waals surface area (Å²) in [4.78, 5) is 99.9. The molecule has 0 radical (unpaired) electrons. The van der Waals surface area contributed by atoms with Crippen molar-refractivity contribution < 1.29 is 28.8 Å². The Kier molecular flexibility index (Phi) is 25.0. The summed E-state index contributed by atoms with van der Waals surface area (Å²) >= 11 is 0. The van der Waals surface area contributed by atoms with Crippen molar-refractivity contribution in [1.29, 1.82) is 0 Å². The lowest BCUT2D eigenvalue weighted by atomic mass is 9.90. The summed E-state index contributed by atoms with van der Waals surface area (Å²) < 4.78 is 0. The molecule has 1 aliphatic heterocycles. The first-order chi connectivity index (χ1) is 40.0. The summed E-state index contributed by atoms with van der Waals surface area (Å²) in [5.41, 5.74) is 24.0. The molecule has 432 valence electrons. The number of nitrogens with two attached hydrogens (primary N) is 3. The third-order valence-electron chi connectivity index (χ3n) is 15.3. The average Bonchev–Trinajstić information content (AvgIpc) is 3.59. The summed E-state index contributed by atoms with van der Waals surface area (Å²) in [6, 6.07) is 59.0. The molecule has 1 aliphatic rings. The molecule has 7 rings (SSSR count). The highest BCUT2D eigenvalue weighted by atomic mass is 16.2. The zero-order valence-corrected chi connectivity index (χ0v) is 47.5. The Morgan fingerprint density at radius 2 is 0.585 bits per heavy atom. The van der Waals surface area contributed by atoms with Crippen LogP contribution in [0.3, 0.4) is 0 Å². The zero-order chi connectivity index (χ0) is 57.9. The molecule has 15 nitrogen and oxygen atoms in total. The van der Waals surface area contributed by atoms with Crippen LogP contribution in [-0.2, 0) is 28.8 Å². The Morgan fingerprint density at radius 3 is 0.902 bits per heavy atom. The van der Waals surface area contributed by atoms with Crippen LogP contribution in [0.4, 0.5) is 0 Å². The predicted molar refractivity (Wildman–Crippen MR) is 323 cm³/mol. The molecule has 1 fully saturated rings. The van der Waals surface area contributed by atoms with E-state index in [0.29, 0.717) is 51.7 Å². The number of hydrogen-bond acceptors (Lipinski definition) is 10. The lowest BCUT2D eigenvalue weighted by molar-refractivity contribution is -0.147. The van der Waals surface area contributed by atoms with Gasteiger partial charge in [-0.05, 0) is 98.2 Å². The van der Waals surface area contributed by atoms with Gasteiger partial charge in [0.2, 0.25) is 29.5 Å². The van der Waals surface area contributed by atoms with Gasteiger partial charge in [0.25, 0.3) is 0 Å². The van der Waals surface area contributed by atoms with Gasteiger partial charge >= 0.3 is 0 Å². The van der Waals surface area contributed by atoms with Crippen molar-refractivity contribution in [2.75, 3.05) is 105 Å². The molecule has 1 heterocycles. The van der Waals surface area contributed by atoms with E-state index < -0.39 is 42.6 Å². The van der Waals surface area contributed by atoms with Crippen LogP contribution < -0.4 is 17.2 Å². The highest BCUT2D eigenvalue weighted by molar-refractivity contribution is 5.92. The van der Waals surface area contributed by atoms with Gasteiger partial charge in [0.1, 0.15) is 0 Å². The van der Waals surface area contributed by atoms with Crippen LogP contribution >= 0.6 is 0 Å². The van der Waals surface area contributed by atoms with E-state index in [1.165, 1.54) is 14.7 Å². The first kappa shape index (κ1) is 61.8. The van der Waals surface area contributed by atoms with Crippen molar-refractivity contribution in [1.82, 2.24) is 29.4 Å². The van der Waals surface area contributed by atoms with E-state index in [-0.39, 0.29) is 102 Å². The molecule has 15 heteroatoms. The number of hydrogen-bond donors (Lipinski definition) is 3. The molecule has 0 atom stereocenters. The minimum Gasteiger partial charge on any atom is -0.333 e. The van der Waals surface area contributed by atoms with Gasteiger partial charge in [-0.25, -0.2) is 0 Å². The molecule has 6 aromatic carbocycles. The van der Waals surface area contributed by atoms with E-state index in [1.54, 1.807) is 9.80 Å². The molecular formula is C67H83N9O6. The first-order valence-electron chi connectivity index (χ1n) is 29.1. The summed E-state index contributed by atoms with van der Waals surface area (Å²) in [7, 11) is 0. The molecule has 0 spiro atoms. The second-order valence-electron chi connectivity index (χ2n) is 21.3. The number of nitrogens with zero attached hydrogens (tertiary/aromatic N) is 6. The van der Waals surface area contributed by atoms with Crippen molar-refractivity contribution in [3.05, 3.63) is 215 Å². The molecular weight excluding hydrogens is 1030 g/mol. The number of Topliss-reactive ketones (excluding diaryl/α,β-unsaturated/α-hetero) is 1. The monoisotopic (exact) mass is 1110 g/mol. The Balaban J connectivity index is 1.30. The molecule has 0 unspecified atom stereocenters. The maximum absolute atomic E-state index is 15.4. The van der Waals surface area contributed by atoms with Crippen LogP contribution in [-0.4, -0.2) is 169 Å². The summed E-state index contributed by atoms with van der Waals surface area (Å²) in [5.74, 6) is -3.28. The van der Waals surface area contributed by atoms with E-state index in [1.807, 2.05) is 187 Å². The smallest absolute Gasteiger partial charge is 0.242 e. The van der Waals surface area contributed by atoms with Gasteiger partial charge in [-0.3, -0.25) is 33.7 Å².